The molecule has 0 aliphatic rings. The summed E-state index contributed by atoms with van der Waals surface area (Å²) in [6, 6.07) is 5.37. The minimum Gasteiger partial charge on any atom is -0.394 e. The molecule has 4 heteroatoms. The molecule has 0 radical (unpaired) electrons. The Hall–Kier alpha value is -1.42. The molecule has 76 valence electrons. The highest BCUT2D eigenvalue weighted by Crippen LogP contribution is 2.15. The molecule has 1 aromatic rings. The fourth-order valence-electron chi connectivity index (χ4n) is 1.22. The number of halogens is 1. The van der Waals surface area contributed by atoms with Crippen LogP contribution in [0.25, 0.3) is 0 Å². The van der Waals surface area contributed by atoms with Gasteiger partial charge in [-0.05, 0) is 6.07 Å². The van der Waals surface area contributed by atoms with Crippen molar-refractivity contribution in [2.75, 3.05) is 6.61 Å². The molecule has 2 N–H and O–H groups in total. The van der Waals surface area contributed by atoms with Crippen LogP contribution < -0.4 is 5.32 Å². The molecule has 1 aromatic carbocycles. The Labute approximate surface area is 81.6 Å². The molecular formula is C10H12FNO2. The lowest BCUT2D eigenvalue weighted by molar-refractivity contribution is -0.120. The highest BCUT2D eigenvalue weighted by Gasteiger charge is 2.14. The number of hydrogen-bond acceptors (Lipinski definition) is 2. The normalized spacial score (nSPS) is 12.2. The second-order valence-electron chi connectivity index (χ2n) is 2.96. The molecule has 0 aliphatic heterocycles. The summed E-state index contributed by atoms with van der Waals surface area (Å²) in [5, 5.41) is 11.4. The largest absolute Gasteiger partial charge is 0.394 e. The van der Waals surface area contributed by atoms with Crippen molar-refractivity contribution >= 4 is 5.91 Å². The first-order chi connectivity index (χ1) is 6.65. The highest BCUT2D eigenvalue weighted by molar-refractivity contribution is 5.73. The van der Waals surface area contributed by atoms with Crippen molar-refractivity contribution in [2.24, 2.45) is 0 Å². The van der Waals surface area contributed by atoms with Crippen molar-refractivity contribution in [3.05, 3.63) is 35.6 Å². The van der Waals surface area contributed by atoms with Gasteiger partial charge in [0.25, 0.3) is 0 Å². The highest BCUT2D eigenvalue weighted by atomic mass is 19.1. The van der Waals surface area contributed by atoms with Crippen molar-refractivity contribution in [1.29, 1.82) is 0 Å². The van der Waals surface area contributed by atoms with E-state index in [4.69, 9.17) is 5.11 Å². The van der Waals surface area contributed by atoms with Gasteiger partial charge in [0.05, 0.1) is 12.6 Å². The third-order valence-corrected chi connectivity index (χ3v) is 1.84. The number of hydrogen-bond donors (Lipinski definition) is 2. The molecule has 1 amide bonds. The zero-order valence-electron chi connectivity index (χ0n) is 7.83. The summed E-state index contributed by atoms with van der Waals surface area (Å²) >= 11 is 0. The lowest BCUT2D eigenvalue weighted by Gasteiger charge is -2.15. The summed E-state index contributed by atoms with van der Waals surface area (Å²) in [5.74, 6) is -0.729. The minimum atomic E-state index is -0.673. The van der Waals surface area contributed by atoms with Crippen LogP contribution in [0.2, 0.25) is 0 Å². The first-order valence-corrected chi connectivity index (χ1v) is 4.27. The smallest absolute Gasteiger partial charge is 0.217 e. The van der Waals surface area contributed by atoms with Crippen LogP contribution in [0, 0.1) is 5.82 Å². The second-order valence-corrected chi connectivity index (χ2v) is 2.96. The molecular weight excluding hydrogens is 185 g/mol. The van der Waals surface area contributed by atoms with Gasteiger partial charge in [0, 0.05) is 12.5 Å². The summed E-state index contributed by atoms with van der Waals surface area (Å²) < 4.78 is 13.2. The van der Waals surface area contributed by atoms with Gasteiger partial charge in [-0.2, -0.15) is 0 Å². The number of amides is 1. The molecule has 1 unspecified atom stereocenters. The SMILES string of the molecule is CC(=O)NC(CO)c1ccccc1F. The van der Waals surface area contributed by atoms with Crippen LogP contribution in [0.1, 0.15) is 18.5 Å². The first-order valence-electron chi connectivity index (χ1n) is 4.27. The summed E-state index contributed by atoms with van der Waals surface area (Å²) in [5.41, 5.74) is 0.296. The summed E-state index contributed by atoms with van der Waals surface area (Å²) in [7, 11) is 0. The second kappa shape index (κ2) is 4.72. The van der Waals surface area contributed by atoms with Gasteiger partial charge in [-0.15, -0.1) is 0 Å². The molecule has 0 fully saturated rings. The number of carbonyl (C=O) groups excluding carboxylic acids is 1. The Kier molecular flexibility index (Phi) is 3.59. The van der Waals surface area contributed by atoms with Crippen molar-refractivity contribution in [1.82, 2.24) is 5.32 Å². The molecule has 1 rings (SSSR count). The third kappa shape index (κ3) is 2.53. The van der Waals surface area contributed by atoms with Crippen LogP contribution in [0.3, 0.4) is 0 Å². The number of aliphatic hydroxyl groups is 1. The van der Waals surface area contributed by atoms with Gasteiger partial charge in [0.2, 0.25) is 5.91 Å². The molecule has 0 saturated carbocycles. The van der Waals surface area contributed by atoms with E-state index in [2.05, 4.69) is 5.32 Å². The van der Waals surface area contributed by atoms with Gasteiger partial charge in [0.1, 0.15) is 5.82 Å². The molecule has 3 nitrogen and oxygen atoms in total. The topological polar surface area (TPSA) is 49.3 Å². The van der Waals surface area contributed by atoms with Crippen molar-refractivity contribution < 1.29 is 14.3 Å². The molecule has 1 atom stereocenters. The average Bonchev–Trinajstić information content (AvgIpc) is 2.15. The van der Waals surface area contributed by atoms with Crippen LogP contribution in [0.5, 0.6) is 0 Å². The van der Waals surface area contributed by atoms with E-state index in [-0.39, 0.29) is 12.5 Å². The van der Waals surface area contributed by atoms with Crippen molar-refractivity contribution in [2.45, 2.75) is 13.0 Å². The number of benzene rings is 1. The van der Waals surface area contributed by atoms with Crippen LogP contribution in [-0.4, -0.2) is 17.6 Å². The van der Waals surface area contributed by atoms with Crippen molar-refractivity contribution in [3.8, 4) is 0 Å². The third-order valence-electron chi connectivity index (χ3n) is 1.84. The lowest BCUT2D eigenvalue weighted by atomic mass is 10.1. The first kappa shape index (κ1) is 10.7. The Morgan fingerprint density at radius 3 is 2.71 bits per heavy atom. The Morgan fingerprint density at radius 2 is 2.21 bits per heavy atom. The maximum atomic E-state index is 13.2. The van der Waals surface area contributed by atoms with Gasteiger partial charge >= 0.3 is 0 Å². The standard InChI is InChI=1S/C10H12FNO2/c1-7(14)12-10(6-13)8-4-2-3-5-9(8)11/h2-5,10,13H,6H2,1H3,(H,12,14). The van der Waals surface area contributed by atoms with E-state index in [9.17, 15) is 9.18 Å². The predicted molar refractivity (Wildman–Crippen MR) is 50.0 cm³/mol. The van der Waals surface area contributed by atoms with E-state index in [1.54, 1.807) is 12.1 Å². The molecule has 0 aliphatic carbocycles. The van der Waals surface area contributed by atoms with E-state index in [0.717, 1.165) is 0 Å². The van der Waals surface area contributed by atoms with Crippen LogP contribution >= 0.6 is 0 Å². The van der Waals surface area contributed by atoms with Crippen LogP contribution in [0.4, 0.5) is 4.39 Å². The Balaban J connectivity index is 2.89. The van der Waals surface area contributed by atoms with E-state index in [1.807, 2.05) is 0 Å². The molecule has 0 spiro atoms. The van der Waals surface area contributed by atoms with E-state index >= 15 is 0 Å². The maximum absolute atomic E-state index is 13.2. The van der Waals surface area contributed by atoms with Gasteiger partial charge in [-0.1, -0.05) is 18.2 Å². The van der Waals surface area contributed by atoms with Gasteiger partial charge in [-0.25, -0.2) is 4.39 Å². The Morgan fingerprint density at radius 1 is 1.57 bits per heavy atom. The van der Waals surface area contributed by atoms with Crippen LogP contribution in [-0.2, 0) is 4.79 Å². The predicted octanol–water partition coefficient (Wildman–Crippen LogP) is 0.995. The monoisotopic (exact) mass is 197 g/mol. The summed E-state index contributed by atoms with van der Waals surface area (Å²) in [4.78, 5) is 10.8. The van der Waals surface area contributed by atoms with Gasteiger partial charge in [-0.3, -0.25) is 4.79 Å². The Bertz CT molecular complexity index is 328. The van der Waals surface area contributed by atoms with Crippen molar-refractivity contribution in [3.63, 3.8) is 0 Å². The minimum absolute atomic E-state index is 0.296. The van der Waals surface area contributed by atoms with E-state index < -0.39 is 11.9 Å². The number of carbonyl (C=O) groups is 1. The van der Waals surface area contributed by atoms with Gasteiger partial charge < -0.3 is 10.4 Å². The summed E-state index contributed by atoms with van der Waals surface area (Å²) in [6.07, 6.45) is 0. The number of aliphatic hydroxyl groups excluding tert-OH is 1. The lowest BCUT2D eigenvalue weighted by Crippen LogP contribution is -2.29. The van der Waals surface area contributed by atoms with E-state index in [1.165, 1.54) is 19.1 Å². The van der Waals surface area contributed by atoms with Gasteiger partial charge in [0.15, 0.2) is 0 Å². The van der Waals surface area contributed by atoms with Crippen LogP contribution in [0.15, 0.2) is 24.3 Å². The quantitative estimate of drug-likeness (QED) is 0.759. The average molecular weight is 197 g/mol. The molecule has 0 heterocycles. The zero-order valence-corrected chi connectivity index (χ0v) is 7.83. The van der Waals surface area contributed by atoms with E-state index in [0.29, 0.717) is 5.56 Å². The summed E-state index contributed by atoms with van der Waals surface area (Å²) in [6.45, 7) is 1.00. The molecule has 0 bridgehead atoms. The fraction of sp³-hybridized carbons (Fsp3) is 0.300. The zero-order chi connectivity index (χ0) is 10.6. The molecule has 14 heavy (non-hydrogen) atoms. The number of nitrogens with one attached hydrogen (secondary N) is 1. The fourth-order valence-corrected chi connectivity index (χ4v) is 1.22. The number of rotatable bonds is 3. The maximum Gasteiger partial charge on any atom is 0.217 e. The molecule has 0 saturated heterocycles. The molecule has 0 aromatic heterocycles.